The Kier molecular flexibility index (Phi) is 4.08. The van der Waals surface area contributed by atoms with Crippen molar-refractivity contribution < 1.29 is 4.48 Å². The second-order valence-corrected chi connectivity index (χ2v) is 4.02. The quantitative estimate of drug-likeness (QED) is 0.721. The van der Waals surface area contributed by atoms with Crippen LogP contribution in [0.4, 0.5) is 4.48 Å². The smallest absolute Gasteiger partial charge is 0.0418 e. The highest BCUT2D eigenvalue weighted by molar-refractivity contribution is 5.48. The standard InChI is InChI=1S/C13H17FN2/c14-16-11-9-15(10-12-16)8-4-7-13-5-2-1-3-6-13/h1-7H,8-12H2. The van der Waals surface area contributed by atoms with Crippen LogP contribution in [0.5, 0.6) is 0 Å². The van der Waals surface area contributed by atoms with Gasteiger partial charge in [0.05, 0.1) is 0 Å². The number of nitrogens with zero attached hydrogens (tertiary/aromatic N) is 2. The molecule has 1 aromatic rings. The molecule has 1 aliphatic heterocycles. The maximum atomic E-state index is 12.7. The predicted molar refractivity (Wildman–Crippen MR) is 64.6 cm³/mol. The van der Waals surface area contributed by atoms with E-state index in [0.717, 1.165) is 24.8 Å². The summed E-state index contributed by atoms with van der Waals surface area (Å²) in [6.07, 6.45) is 4.26. The molecule has 1 aliphatic rings. The maximum Gasteiger partial charge on any atom is 0.0418 e. The fourth-order valence-corrected chi connectivity index (χ4v) is 1.81. The monoisotopic (exact) mass is 220 g/mol. The first-order chi connectivity index (χ1) is 7.84. The summed E-state index contributed by atoms with van der Waals surface area (Å²) in [5.74, 6) is 0. The van der Waals surface area contributed by atoms with Gasteiger partial charge in [0.1, 0.15) is 0 Å². The number of halogens is 1. The van der Waals surface area contributed by atoms with Crippen molar-refractivity contribution in [1.82, 2.24) is 10.0 Å². The van der Waals surface area contributed by atoms with Gasteiger partial charge >= 0.3 is 0 Å². The van der Waals surface area contributed by atoms with Crippen molar-refractivity contribution in [2.45, 2.75) is 0 Å². The largest absolute Gasteiger partial charge is 0.297 e. The van der Waals surface area contributed by atoms with Crippen LogP contribution in [0.1, 0.15) is 5.56 Å². The molecule has 86 valence electrons. The van der Waals surface area contributed by atoms with Gasteiger partial charge in [-0.2, -0.15) is 0 Å². The molecule has 0 N–H and O–H groups in total. The van der Waals surface area contributed by atoms with Gasteiger partial charge in [0.15, 0.2) is 0 Å². The molecule has 1 heterocycles. The van der Waals surface area contributed by atoms with Crippen LogP contribution in [0, 0.1) is 0 Å². The predicted octanol–water partition coefficient (Wildman–Crippen LogP) is 2.20. The molecule has 0 aromatic heterocycles. The average Bonchev–Trinajstić information content (AvgIpc) is 2.33. The van der Waals surface area contributed by atoms with Crippen LogP contribution < -0.4 is 0 Å². The summed E-state index contributed by atoms with van der Waals surface area (Å²) < 4.78 is 12.7. The molecule has 0 atom stereocenters. The summed E-state index contributed by atoms with van der Waals surface area (Å²) in [5.41, 5.74) is 1.21. The fraction of sp³-hybridized carbons (Fsp3) is 0.385. The second kappa shape index (κ2) is 5.77. The van der Waals surface area contributed by atoms with E-state index in [1.807, 2.05) is 18.2 Å². The summed E-state index contributed by atoms with van der Waals surface area (Å²) in [6.45, 7) is 3.59. The van der Waals surface area contributed by atoms with E-state index in [-0.39, 0.29) is 0 Å². The highest BCUT2D eigenvalue weighted by atomic mass is 19.2. The molecule has 1 aromatic carbocycles. The van der Waals surface area contributed by atoms with Crippen LogP contribution in [0.3, 0.4) is 0 Å². The first kappa shape index (κ1) is 11.3. The summed E-state index contributed by atoms with van der Waals surface area (Å²) in [4.78, 5) is 2.26. The molecule has 0 saturated carbocycles. The van der Waals surface area contributed by atoms with Crippen LogP contribution in [0.15, 0.2) is 36.4 Å². The summed E-state index contributed by atoms with van der Waals surface area (Å²) in [5, 5.41) is 0.886. The van der Waals surface area contributed by atoms with Gasteiger partial charge in [-0.05, 0) is 5.56 Å². The molecule has 3 heteroatoms. The Morgan fingerprint density at radius 1 is 1.06 bits per heavy atom. The molecule has 2 nitrogen and oxygen atoms in total. The van der Waals surface area contributed by atoms with Gasteiger partial charge in [-0.25, -0.2) is 0 Å². The van der Waals surface area contributed by atoms with Crippen molar-refractivity contribution in [2.75, 3.05) is 32.7 Å². The van der Waals surface area contributed by atoms with Gasteiger partial charge in [-0.15, -0.1) is 9.60 Å². The third kappa shape index (κ3) is 3.43. The summed E-state index contributed by atoms with van der Waals surface area (Å²) in [7, 11) is 0. The van der Waals surface area contributed by atoms with E-state index < -0.39 is 0 Å². The normalized spacial score (nSPS) is 19.3. The van der Waals surface area contributed by atoms with Crippen LogP contribution in [-0.4, -0.2) is 42.7 Å². The molecule has 0 unspecified atom stereocenters. The van der Waals surface area contributed by atoms with E-state index in [2.05, 4.69) is 29.2 Å². The number of hydrogen-bond acceptors (Lipinski definition) is 2. The van der Waals surface area contributed by atoms with Gasteiger partial charge in [-0.1, -0.05) is 42.5 Å². The zero-order valence-corrected chi connectivity index (χ0v) is 9.35. The molecule has 0 spiro atoms. The SMILES string of the molecule is FN1CCN(CC=Cc2ccccc2)CC1. The highest BCUT2D eigenvalue weighted by Gasteiger charge is 2.14. The minimum absolute atomic E-state index is 0.527. The number of rotatable bonds is 3. The Bertz CT molecular complexity index is 329. The lowest BCUT2D eigenvalue weighted by Gasteiger charge is -2.28. The van der Waals surface area contributed by atoms with Gasteiger partial charge in [0.2, 0.25) is 0 Å². The lowest BCUT2D eigenvalue weighted by molar-refractivity contribution is -0.0187. The third-order valence-electron chi connectivity index (χ3n) is 2.79. The van der Waals surface area contributed by atoms with E-state index in [0.29, 0.717) is 13.1 Å². The zero-order chi connectivity index (χ0) is 11.2. The minimum Gasteiger partial charge on any atom is -0.297 e. The number of piperazine rings is 1. The molecule has 16 heavy (non-hydrogen) atoms. The molecule has 0 amide bonds. The molecular weight excluding hydrogens is 203 g/mol. The lowest BCUT2D eigenvalue weighted by atomic mass is 10.2. The fourth-order valence-electron chi connectivity index (χ4n) is 1.81. The van der Waals surface area contributed by atoms with Gasteiger partial charge in [0, 0.05) is 32.7 Å². The van der Waals surface area contributed by atoms with E-state index in [1.165, 1.54) is 5.56 Å². The molecule has 0 bridgehead atoms. The Hall–Kier alpha value is -1.19. The van der Waals surface area contributed by atoms with E-state index in [1.54, 1.807) is 0 Å². The topological polar surface area (TPSA) is 6.48 Å². The van der Waals surface area contributed by atoms with Crippen LogP contribution in [0.25, 0.3) is 6.08 Å². The van der Waals surface area contributed by atoms with E-state index >= 15 is 0 Å². The van der Waals surface area contributed by atoms with Gasteiger partial charge < -0.3 is 0 Å². The maximum absolute atomic E-state index is 12.7. The average molecular weight is 220 g/mol. The van der Waals surface area contributed by atoms with Crippen molar-refractivity contribution >= 4 is 6.08 Å². The lowest BCUT2D eigenvalue weighted by Crippen LogP contribution is -2.42. The van der Waals surface area contributed by atoms with E-state index in [9.17, 15) is 4.48 Å². The molecular formula is C13H17FN2. The van der Waals surface area contributed by atoms with Gasteiger partial charge in [-0.3, -0.25) is 4.90 Å². The van der Waals surface area contributed by atoms with Crippen molar-refractivity contribution in [2.24, 2.45) is 0 Å². The van der Waals surface area contributed by atoms with Crippen LogP contribution in [-0.2, 0) is 0 Å². The molecule has 0 aliphatic carbocycles. The second-order valence-electron chi connectivity index (χ2n) is 4.02. The zero-order valence-electron chi connectivity index (χ0n) is 9.35. The van der Waals surface area contributed by atoms with Crippen molar-refractivity contribution in [3.63, 3.8) is 0 Å². The Morgan fingerprint density at radius 2 is 1.75 bits per heavy atom. The highest BCUT2D eigenvalue weighted by Crippen LogP contribution is 2.04. The summed E-state index contributed by atoms with van der Waals surface area (Å²) >= 11 is 0. The minimum atomic E-state index is 0.527. The molecule has 2 rings (SSSR count). The summed E-state index contributed by atoms with van der Waals surface area (Å²) in [6, 6.07) is 10.2. The van der Waals surface area contributed by atoms with Crippen LogP contribution in [0.2, 0.25) is 0 Å². The van der Waals surface area contributed by atoms with Crippen LogP contribution >= 0.6 is 0 Å². The number of benzene rings is 1. The van der Waals surface area contributed by atoms with Crippen molar-refractivity contribution in [1.29, 1.82) is 0 Å². The first-order valence-electron chi connectivity index (χ1n) is 5.69. The Morgan fingerprint density at radius 3 is 2.44 bits per heavy atom. The first-order valence-corrected chi connectivity index (χ1v) is 5.69. The Balaban J connectivity index is 1.77. The number of hydrogen-bond donors (Lipinski definition) is 0. The Labute approximate surface area is 95.9 Å². The molecule has 1 saturated heterocycles. The third-order valence-corrected chi connectivity index (χ3v) is 2.79. The van der Waals surface area contributed by atoms with Gasteiger partial charge in [0.25, 0.3) is 0 Å². The van der Waals surface area contributed by atoms with Crippen molar-refractivity contribution in [3.05, 3.63) is 42.0 Å². The molecule has 1 fully saturated rings. The molecule has 0 radical (unpaired) electrons. The van der Waals surface area contributed by atoms with Crippen molar-refractivity contribution in [3.8, 4) is 0 Å². The van der Waals surface area contributed by atoms with E-state index in [4.69, 9.17) is 0 Å².